The van der Waals surface area contributed by atoms with E-state index in [9.17, 15) is 4.39 Å². The molecule has 0 N–H and O–H groups in total. The third-order valence-corrected chi connectivity index (χ3v) is 2.50. The molecule has 16 heavy (non-hydrogen) atoms. The average Bonchev–Trinajstić information content (AvgIpc) is 2.22. The summed E-state index contributed by atoms with van der Waals surface area (Å²) in [6.07, 6.45) is 0. The van der Waals surface area contributed by atoms with Crippen molar-refractivity contribution in [3.05, 3.63) is 40.0 Å². The highest BCUT2D eigenvalue weighted by Gasteiger charge is 2.10. The number of hydrogen-bond acceptors (Lipinski definition) is 3. The maximum Gasteiger partial charge on any atom is 0.159 e. The van der Waals surface area contributed by atoms with Gasteiger partial charge in [0.1, 0.15) is 17.3 Å². The van der Waals surface area contributed by atoms with Crippen LogP contribution in [-0.2, 0) is 0 Å². The Morgan fingerprint density at radius 2 is 1.94 bits per heavy atom. The van der Waals surface area contributed by atoms with Gasteiger partial charge in [-0.2, -0.15) is 0 Å². The minimum Gasteiger partial charge on any atom is -0.217 e. The Kier molecular flexibility index (Phi) is 3.03. The summed E-state index contributed by atoms with van der Waals surface area (Å²) in [6, 6.07) is 4.20. The molecule has 0 aliphatic heterocycles. The molecule has 6 heteroatoms. The number of aromatic nitrogens is 3. The van der Waals surface area contributed by atoms with E-state index >= 15 is 0 Å². The summed E-state index contributed by atoms with van der Waals surface area (Å²) in [4.78, 5) is 3.96. The van der Waals surface area contributed by atoms with Gasteiger partial charge in [-0.15, -0.1) is 10.2 Å². The predicted octanol–water partition coefficient (Wildman–Crippen LogP) is 3.29. The topological polar surface area (TPSA) is 38.7 Å². The maximum atomic E-state index is 13.0. The molecule has 0 saturated heterocycles. The second kappa shape index (κ2) is 4.31. The van der Waals surface area contributed by atoms with Crippen LogP contribution < -0.4 is 0 Å². The molecule has 0 aliphatic rings. The standard InChI is InChI=1S/C10H6Cl2FN3/c1-5-14-10(12)9(16-15-5)6-2-3-8(13)7(11)4-6/h2-4H,1H3. The fourth-order valence-corrected chi connectivity index (χ4v) is 1.65. The molecular formula is C10H6Cl2FN3. The van der Waals surface area contributed by atoms with E-state index in [1.54, 1.807) is 6.92 Å². The largest absolute Gasteiger partial charge is 0.217 e. The minimum absolute atomic E-state index is 0.0101. The molecule has 0 saturated carbocycles. The summed E-state index contributed by atoms with van der Waals surface area (Å²) < 4.78 is 13.0. The van der Waals surface area contributed by atoms with Crippen molar-refractivity contribution in [1.29, 1.82) is 0 Å². The Morgan fingerprint density at radius 1 is 1.19 bits per heavy atom. The molecule has 1 aromatic carbocycles. The maximum absolute atomic E-state index is 13.0. The molecule has 0 aliphatic carbocycles. The van der Waals surface area contributed by atoms with Crippen molar-refractivity contribution < 1.29 is 4.39 Å². The van der Waals surface area contributed by atoms with E-state index in [1.807, 2.05) is 0 Å². The van der Waals surface area contributed by atoms with Gasteiger partial charge in [-0.05, 0) is 25.1 Å². The number of nitrogens with zero attached hydrogens (tertiary/aromatic N) is 3. The fraction of sp³-hybridized carbons (Fsp3) is 0.100. The van der Waals surface area contributed by atoms with Gasteiger partial charge in [0, 0.05) is 5.56 Å². The van der Waals surface area contributed by atoms with Gasteiger partial charge in [-0.25, -0.2) is 9.37 Å². The van der Waals surface area contributed by atoms with Crippen molar-refractivity contribution >= 4 is 23.2 Å². The normalized spacial score (nSPS) is 10.5. The molecule has 0 unspecified atom stereocenters. The summed E-state index contributed by atoms with van der Waals surface area (Å²) in [7, 11) is 0. The van der Waals surface area contributed by atoms with Crippen LogP contribution >= 0.6 is 23.2 Å². The zero-order valence-corrected chi connectivity index (χ0v) is 9.72. The predicted molar refractivity (Wildman–Crippen MR) is 60.0 cm³/mol. The molecule has 1 heterocycles. The summed E-state index contributed by atoms with van der Waals surface area (Å²) in [5, 5.41) is 7.91. The lowest BCUT2D eigenvalue weighted by molar-refractivity contribution is 0.628. The van der Waals surface area contributed by atoms with Crippen molar-refractivity contribution in [3.8, 4) is 11.3 Å². The number of aryl methyl sites for hydroxylation is 1. The van der Waals surface area contributed by atoms with E-state index in [2.05, 4.69) is 15.2 Å². The lowest BCUT2D eigenvalue weighted by Crippen LogP contribution is -1.96. The zero-order valence-electron chi connectivity index (χ0n) is 8.21. The SMILES string of the molecule is Cc1nnc(-c2ccc(F)c(Cl)c2)c(Cl)n1. The smallest absolute Gasteiger partial charge is 0.159 e. The van der Waals surface area contributed by atoms with Gasteiger partial charge in [0.05, 0.1) is 5.02 Å². The van der Waals surface area contributed by atoms with Crippen molar-refractivity contribution in [2.45, 2.75) is 6.92 Å². The number of rotatable bonds is 1. The highest BCUT2D eigenvalue weighted by Crippen LogP contribution is 2.27. The molecule has 2 rings (SSSR count). The number of benzene rings is 1. The average molecular weight is 258 g/mol. The van der Waals surface area contributed by atoms with Gasteiger partial charge in [-0.3, -0.25) is 0 Å². The van der Waals surface area contributed by atoms with E-state index in [4.69, 9.17) is 23.2 Å². The van der Waals surface area contributed by atoms with Gasteiger partial charge in [0.25, 0.3) is 0 Å². The third kappa shape index (κ3) is 2.13. The molecule has 0 amide bonds. The zero-order chi connectivity index (χ0) is 11.7. The molecule has 3 nitrogen and oxygen atoms in total. The first kappa shape index (κ1) is 11.2. The molecule has 0 fully saturated rings. The Labute approximate surface area is 101 Å². The Morgan fingerprint density at radius 3 is 2.56 bits per heavy atom. The minimum atomic E-state index is -0.491. The van der Waals surface area contributed by atoms with Crippen molar-refractivity contribution in [2.24, 2.45) is 0 Å². The number of halogens is 3. The van der Waals surface area contributed by atoms with Crippen LogP contribution in [0.5, 0.6) is 0 Å². The van der Waals surface area contributed by atoms with Crippen molar-refractivity contribution in [3.63, 3.8) is 0 Å². The summed E-state index contributed by atoms with van der Waals surface area (Å²) in [5.41, 5.74) is 0.963. The summed E-state index contributed by atoms with van der Waals surface area (Å²) >= 11 is 11.6. The van der Waals surface area contributed by atoms with Crippen molar-refractivity contribution in [1.82, 2.24) is 15.2 Å². The monoisotopic (exact) mass is 257 g/mol. The van der Waals surface area contributed by atoms with E-state index in [1.165, 1.54) is 18.2 Å². The highest BCUT2D eigenvalue weighted by molar-refractivity contribution is 6.32. The molecule has 0 radical (unpaired) electrons. The first-order valence-corrected chi connectivity index (χ1v) is 5.16. The van der Waals surface area contributed by atoms with Gasteiger partial charge >= 0.3 is 0 Å². The van der Waals surface area contributed by atoms with E-state index in [-0.39, 0.29) is 10.2 Å². The van der Waals surface area contributed by atoms with Crippen LogP contribution in [-0.4, -0.2) is 15.2 Å². The third-order valence-electron chi connectivity index (χ3n) is 1.94. The second-order valence-corrected chi connectivity index (χ2v) is 3.89. The van der Waals surface area contributed by atoms with Crippen LogP contribution in [0.15, 0.2) is 18.2 Å². The lowest BCUT2D eigenvalue weighted by Gasteiger charge is -2.03. The summed E-state index contributed by atoms with van der Waals surface area (Å²) in [6.45, 7) is 1.68. The Bertz CT molecular complexity index is 546. The van der Waals surface area contributed by atoms with Crippen LogP contribution in [0.3, 0.4) is 0 Å². The Hall–Kier alpha value is -1.26. The van der Waals surface area contributed by atoms with Crippen LogP contribution in [0.1, 0.15) is 5.82 Å². The van der Waals surface area contributed by atoms with Gasteiger partial charge in [0.15, 0.2) is 5.15 Å². The first-order chi connectivity index (χ1) is 7.58. The van der Waals surface area contributed by atoms with E-state index in [0.717, 1.165) is 0 Å². The molecule has 0 bridgehead atoms. The molecular weight excluding hydrogens is 252 g/mol. The number of hydrogen-bond donors (Lipinski definition) is 0. The summed E-state index contributed by atoms with van der Waals surface area (Å²) in [5.74, 6) is -0.0171. The van der Waals surface area contributed by atoms with E-state index in [0.29, 0.717) is 17.1 Å². The van der Waals surface area contributed by atoms with Gasteiger partial charge in [-0.1, -0.05) is 23.2 Å². The van der Waals surface area contributed by atoms with Crippen LogP contribution in [0.4, 0.5) is 4.39 Å². The van der Waals surface area contributed by atoms with Gasteiger partial charge < -0.3 is 0 Å². The van der Waals surface area contributed by atoms with Gasteiger partial charge in [0.2, 0.25) is 0 Å². The molecule has 0 atom stereocenters. The second-order valence-electron chi connectivity index (χ2n) is 3.13. The lowest BCUT2D eigenvalue weighted by atomic mass is 10.1. The fourth-order valence-electron chi connectivity index (χ4n) is 1.20. The van der Waals surface area contributed by atoms with E-state index < -0.39 is 5.82 Å². The van der Waals surface area contributed by atoms with Crippen molar-refractivity contribution in [2.75, 3.05) is 0 Å². The molecule has 82 valence electrons. The quantitative estimate of drug-likeness (QED) is 0.787. The molecule has 0 spiro atoms. The van der Waals surface area contributed by atoms with Crippen LogP contribution in [0.2, 0.25) is 10.2 Å². The first-order valence-electron chi connectivity index (χ1n) is 4.40. The molecule has 2 aromatic rings. The van der Waals surface area contributed by atoms with Crippen LogP contribution in [0, 0.1) is 12.7 Å². The Balaban J connectivity index is 2.54. The van der Waals surface area contributed by atoms with Crippen LogP contribution in [0.25, 0.3) is 11.3 Å². The highest BCUT2D eigenvalue weighted by atomic mass is 35.5. The molecule has 1 aromatic heterocycles.